The molecule has 1 heterocycles. The van der Waals surface area contributed by atoms with Crippen LogP contribution >= 0.6 is 0 Å². The monoisotopic (exact) mass is 447 g/mol. The maximum atomic E-state index is 14.1. The molecule has 1 fully saturated rings. The smallest absolute Gasteiger partial charge is 0.242 e. The van der Waals surface area contributed by atoms with Gasteiger partial charge in [0.15, 0.2) is 5.96 Å². The Labute approximate surface area is 184 Å². The lowest BCUT2D eigenvalue weighted by molar-refractivity contribution is 0.370. The van der Waals surface area contributed by atoms with Crippen LogP contribution in [0.2, 0.25) is 0 Å². The number of hydrogen-bond donors (Lipinski definition) is 1. The fraction of sp³-hybridized carbons (Fsp3) is 0.409. The number of piperazine rings is 1. The zero-order valence-corrected chi connectivity index (χ0v) is 19.1. The molecule has 168 valence electrons. The minimum absolute atomic E-state index is 0.213. The minimum atomic E-state index is -3.55. The fourth-order valence-corrected chi connectivity index (χ4v) is 4.64. The molecule has 31 heavy (non-hydrogen) atoms. The normalized spacial score (nSPS) is 15.5. The van der Waals surface area contributed by atoms with E-state index < -0.39 is 10.0 Å². The Morgan fingerprint density at radius 3 is 2.35 bits per heavy atom. The predicted molar refractivity (Wildman–Crippen MR) is 122 cm³/mol. The number of nitrogens with zero attached hydrogens (tertiary/aromatic N) is 4. The Morgan fingerprint density at radius 1 is 1.06 bits per heavy atom. The predicted octanol–water partition coefficient (Wildman–Crippen LogP) is 2.36. The lowest BCUT2D eigenvalue weighted by Gasteiger charge is -2.37. The summed E-state index contributed by atoms with van der Waals surface area (Å²) in [5.41, 5.74) is 1.27. The summed E-state index contributed by atoms with van der Waals surface area (Å²) < 4.78 is 40.6. The molecule has 9 heteroatoms. The van der Waals surface area contributed by atoms with E-state index in [0.717, 1.165) is 5.96 Å². The zero-order valence-electron chi connectivity index (χ0n) is 18.3. The zero-order chi connectivity index (χ0) is 22.4. The van der Waals surface area contributed by atoms with Gasteiger partial charge in [-0.15, -0.1) is 0 Å². The van der Waals surface area contributed by atoms with Gasteiger partial charge in [-0.2, -0.15) is 0 Å². The molecule has 7 nitrogen and oxygen atoms in total. The number of aliphatic imine (C=N–C) groups is 1. The highest BCUT2D eigenvalue weighted by molar-refractivity contribution is 7.89. The number of hydrogen-bond acceptors (Lipinski definition) is 4. The summed E-state index contributed by atoms with van der Waals surface area (Å²) in [6.45, 7) is 5.68. The van der Waals surface area contributed by atoms with Crippen molar-refractivity contribution >= 4 is 21.7 Å². The fourth-order valence-electron chi connectivity index (χ4n) is 3.54. The van der Waals surface area contributed by atoms with Crippen molar-refractivity contribution in [3.63, 3.8) is 0 Å². The molecule has 0 saturated carbocycles. The molecule has 1 N–H and O–H groups in total. The van der Waals surface area contributed by atoms with Crippen LogP contribution in [0.5, 0.6) is 0 Å². The molecule has 0 unspecified atom stereocenters. The number of benzene rings is 2. The number of rotatable bonds is 6. The first-order valence-electron chi connectivity index (χ1n) is 10.4. The number of para-hydroxylation sites is 1. The summed E-state index contributed by atoms with van der Waals surface area (Å²) in [5.74, 6) is 0.517. The number of halogens is 1. The van der Waals surface area contributed by atoms with E-state index in [4.69, 9.17) is 4.99 Å². The van der Waals surface area contributed by atoms with Gasteiger partial charge in [0.2, 0.25) is 10.0 Å². The lowest BCUT2D eigenvalue weighted by atomic mass is 10.2. The summed E-state index contributed by atoms with van der Waals surface area (Å²) in [4.78, 5) is 9.14. The van der Waals surface area contributed by atoms with E-state index in [9.17, 15) is 12.8 Å². The molecule has 0 aliphatic carbocycles. The van der Waals surface area contributed by atoms with Crippen molar-refractivity contribution in [2.75, 3.05) is 51.7 Å². The second-order valence-electron chi connectivity index (χ2n) is 7.49. The van der Waals surface area contributed by atoms with Gasteiger partial charge < -0.3 is 15.1 Å². The summed E-state index contributed by atoms with van der Waals surface area (Å²) in [6, 6.07) is 13.8. The molecule has 2 aromatic rings. The van der Waals surface area contributed by atoms with Gasteiger partial charge in [-0.3, -0.25) is 0 Å². The Morgan fingerprint density at radius 2 is 1.71 bits per heavy atom. The molecule has 1 saturated heterocycles. The van der Waals surface area contributed by atoms with Crippen molar-refractivity contribution in [3.05, 3.63) is 59.9 Å². The van der Waals surface area contributed by atoms with Crippen molar-refractivity contribution < 1.29 is 12.8 Å². The van der Waals surface area contributed by atoms with Crippen LogP contribution in [0.4, 0.5) is 10.1 Å². The van der Waals surface area contributed by atoms with Crippen molar-refractivity contribution in [1.82, 2.24) is 14.5 Å². The third-order valence-electron chi connectivity index (χ3n) is 5.24. The molecule has 1 aliphatic heterocycles. The van der Waals surface area contributed by atoms with Crippen molar-refractivity contribution in [1.29, 1.82) is 0 Å². The maximum Gasteiger partial charge on any atom is 0.242 e. The van der Waals surface area contributed by atoms with Crippen molar-refractivity contribution in [2.24, 2.45) is 4.99 Å². The number of anilines is 1. The highest BCUT2D eigenvalue weighted by Gasteiger charge is 2.23. The summed E-state index contributed by atoms with van der Waals surface area (Å²) in [7, 11) is -0.502. The topological polar surface area (TPSA) is 68.2 Å². The molecule has 0 atom stereocenters. The molecule has 3 rings (SSSR count). The molecule has 0 aromatic heterocycles. The molecule has 0 radical (unpaired) electrons. The Kier molecular flexibility index (Phi) is 7.50. The highest BCUT2D eigenvalue weighted by atomic mass is 32.2. The van der Waals surface area contributed by atoms with Crippen LogP contribution in [0.25, 0.3) is 0 Å². The van der Waals surface area contributed by atoms with Crippen LogP contribution in [-0.4, -0.2) is 70.4 Å². The van der Waals surface area contributed by atoms with Crippen LogP contribution in [0.1, 0.15) is 12.5 Å². The average Bonchev–Trinajstić information content (AvgIpc) is 2.77. The van der Waals surface area contributed by atoms with Gasteiger partial charge in [0, 0.05) is 46.8 Å². The van der Waals surface area contributed by atoms with E-state index in [-0.39, 0.29) is 17.3 Å². The van der Waals surface area contributed by atoms with Crippen LogP contribution in [-0.2, 0) is 16.6 Å². The first kappa shape index (κ1) is 23.0. The number of sulfonamides is 1. The van der Waals surface area contributed by atoms with Gasteiger partial charge in [-0.1, -0.05) is 30.3 Å². The first-order valence-corrected chi connectivity index (χ1v) is 11.8. The first-order chi connectivity index (χ1) is 14.8. The lowest BCUT2D eigenvalue weighted by Crippen LogP contribution is -2.52. The second kappa shape index (κ2) is 10.1. The quantitative estimate of drug-likeness (QED) is 0.544. The molecular weight excluding hydrogens is 417 g/mol. The average molecular weight is 448 g/mol. The molecule has 2 aromatic carbocycles. The maximum absolute atomic E-state index is 14.1. The summed E-state index contributed by atoms with van der Waals surface area (Å²) in [5, 5.41) is 3.29. The molecule has 0 amide bonds. The van der Waals surface area contributed by atoms with Gasteiger partial charge in [0.25, 0.3) is 0 Å². The standard InChI is InChI=1S/C22H30FN5O2S/c1-4-24-22(25-17-18-9-5-8-12-21(18)31(29,30)26(2)3)28-15-13-27(14-16-28)20-11-7-6-10-19(20)23/h5-12H,4,13-17H2,1-3H3,(H,24,25). The number of nitrogens with one attached hydrogen (secondary N) is 1. The van der Waals surface area contributed by atoms with E-state index in [1.165, 1.54) is 24.5 Å². The third-order valence-corrected chi connectivity index (χ3v) is 7.15. The van der Waals surface area contributed by atoms with Crippen LogP contribution < -0.4 is 10.2 Å². The Bertz CT molecular complexity index is 1020. The van der Waals surface area contributed by atoms with Gasteiger partial charge in [-0.05, 0) is 30.7 Å². The van der Waals surface area contributed by atoms with Gasteiger partial charge in [0.05, 0.1) is 17.1 Å². The van der Waals surface area contributed by atoms with Gasteiger partial charge in [-0.25, -0.2) is 22.1 Å². The van der Waals surface area contributed by atoms with E-state index in [1.807, 2.05) is 24.0 Å². The second-order valence-corrected chi connectivity index (χ2v) is 9.61. The molecule has 1 aliphatic rings. The van der Waals surface area contributed by atoms with E-state index in [1.54, 1.807) is 30.3 Å². The van der Waals surface area contributed by atoms with E-state index in [2.05, 4.69) is 10.2 Å². The van der Waals surface area contributed by atoms with Gasteiger partial charge >= 0.3 is 0 Å². The van der Waals surface area contributed by atoms with Crippen LogP contribution in [0, 0.1) is 5.82 Å². The van der Waals surface area contributed by atoms with E-state index >= 15 is 0 Å². The minimum Gasteiger partial charge on any atom is -0.366 e. The van der Waals surface area contributed by atoms with Crippen molar-refractivity contribution in [2.45, 2.75) is 18.4 Å². The van der Waals surface area contributed by atoms with Crippen LogP contribution in [0.3, 0.4) is 0 Å². The van der Waals surface area contributed by atoms with Crippen molar-refractivity contribution in [3.8, 4) is 0 Å². The Balaban J connectivity index is 1.75. The SMILES string of the molecule is CCNC(=NCc1ccccc1S(=O)(=O)N(C)C)N1CCN(c2ccccc2F)CC1. The molecular formula is C22H30FN5O2S. The molecule has 0 bridgehead atoms. The van der Waals surface area contributed by atoms with Crippen LogP contribution in [0.15, 0.2) is 58.4 Å². The highest BCUT2D eigenvalue weighted by Crippen LogP contribution is 2.21. The van der Waals surface area contributed by atoms with Gasteiger partial charge in [0.1, 0.15) is 5.82 Å². The largest absolute Gasteiger partial charge is 0.366 e. The third kappa shape index (κ3) is 5.34. The summed E-state index contributed by atoms with van der Waals surface area (Å²) >= 11 is 0. The summed E-state index contributed by atoms with van der Waals surface area (Å²) in [6.07, 6.45) is 0. The van der Waals surface area contributed by atoms with E-state index in [0.29, 0.717) is 44.0 Å². The molecule has 0 spiro atoms. The Hall–Kier alpha value is -2.65. The number of guanidine groups is 1.